The fourth-order valence-electron chi connectivity index (χ4n) is 2.59. The second kappa shape index (κ2) is 6.42. The molecule has 2 amide bonds. The highest BCUT2D eigenvalue weighted by Gasteiger charge is 2.54. The van der Waals surface area contributed by atoms with E-state index in [0.717, 1.165) is 4.90 Å². The van der Waals surface area contributed by atoms with Gasteiger partial charge in [-0.2, -0.15) is 0 Å². The first-order valence-corrected chi connectivity index (χ1v) is 8.79. The number of aromatic nitrogens is 1. The van der Waals surface area contributed by atoms with E-state index in [1.807, 2.05) is 0 Å². The molecule has 1 aromatic rings. The van der Waals surface area contributed by atoms with Gasteiger partial charge in [-0.1, -0.05) is 0 Å². The number of rotatable bonds is 5. The highest BCUT2D eigenvalue weighted by atomic mass is 32.2. The van der Waals surface area contributed by atoms with Gasteiger partial charge in [0.25, 0.3) is 5.91 Å². The average molecular weight is 370 g/mol. The second-order valence-electron chi connectivity index (χ2n) is 5.21. The number of carbonyl (C=O) groups is 3. The predicted octanol–water partition coefficient (Wildman–Crippen LogP) is -1.00. The number of aliphatic hydroxyl groups excluding tert-OH is 1. The Hall–Kier alpha value is -2.11. The number of carboxylic acid groups (broad SMARTS) is 1. The molecule has 0 radical (unpaired) electrons. The van der Waals surface area contributed by atoms with Crippen molar-refractivity contribution in [2.45, 2.75) is 17.8 Å². The average Bonchev–Trinajstić information content (AvgIpc) is 2.95. The first kappa shape index (κ1) is 16.7. The van der Waals surface area contributed by atoms with Crippen LogP contribution in [-0.4, -0.2) is 61.7 Å². The summed E-state index contributed by atoms with van der Waals surface area (Å²) in [5.41, 5.74) is 5.61. The normalized spacial score (nSPS) is 22.9. The quantitative estimate of drug-likeness (QED) is 0.483. The number of amides is 2. The lowest BCUT2D eigenvalue weighted by Gasteiger charge is -2.49. The summed E-state index contributed by atoms with van der Waals surface area (Å²) in [5, 5.41) is 21.0. The molecule has 9 nitrogen and oxygen atoms in total. The minimum Gasteiger partial charge on any atom is -0.477 e. The number of nitrogen functional groups attached to an aromatic ring is 1. The molecule has 0 spiro atoms. The van der Waals surface area contributed by atoms with E-state index in [1.165, 1.54) is 29.3 Å². The van der Waals surface area contributed by atoms with Gasteiger partial charge in [0.05, 0.1) is 13.0 Å². The van der Waals surface area contributed by atoms with Crippen LogP contribution in [0.4, 0.5) is 5.13 Å². The van der Waals surface area contributed by atoms with Gasteiger partial charge in [0.1, 0.15) is 17.1 Å². The first-order valence-electron chi connectivity index (χ1n) is 6.92. The lowest BCUT2D eigenvalue weighted by molar-refractivity contribution is -0.150. The number of aliphatic carboxylic acids is 1. The van der Waals surface area contributed by atoms with Gasteiger partial charge in [0.15, 0.2) is 5.13 Å². The van der Waals surface area contributed by atoms with E-state index in [0.29, 0.717) is 21.3 Å². The molecule has 3 heterocycles. The summed E-state index contributed by atoms with van der Waals surface area (Å²) in [5.74, 6) is -1.81. The van der Waals surface area contributed by atoms with Crippen LogP contribution in [0.25, 0.3) is 0 Å². The molecule has 2 aliphatic rings. The molecular weight excluding hydrogens is 356 g/mol. The molecule has 0 unspecified atom stereocenters. The van der Waals surface area contributed by atoms with Crippen molar-refractivity contribution in [2.75, 3.05) is 18.1 Å². The van der Waals surface area contributed by atoms with Crippen LogP contribution < -0.4 is 11.1 Å². The maximum Gasteiger partial charge on any atom is 0.352 e. The zero-order chi connectivity index (χ0) is 17.4. The number of carbonyl (C=O) groups excluding carboxylic acids is 2. The summed E-state index contributed by atoms with van der Waals surface area (Å²) >= 11 is 2.50. The minimum atomic E-state index is -1.26. The number of thioether (sulfide) groups is 1. The van der Waals surface area contributed by atoms with Crippen molar-refractivity contribution in [3.8, 4) is 0 Å². The van der Waals surface area contributed by atoms with Gasteiger partial charge in [0, 0.05) is 16.8 Å². The van der Waals surface area contributed by atoms with Crippen molar-refractivity contribution >= 4 is 46.0 Å². The van der Waals surface area contributed by atoms with Gasteiger partial charge in [-0.3, -0.25) is 14.5 Å². The fraction of sp³-hybridized carbons (Fsp3) is 0.385. The Morgan fingerprint density at radius 2 is 2.25 bits per heavy atom. The molecule has 0 aliphatic carbocycles. The number of fused-ring (bicyclic) bond motifs is 1. The van der Waals surface area contributed by atoms with Crippen LogP contribution in [0.3, 0.4) is 0 Å². The lowest BCUT2D eigenvalue weighted by Crippen LogP contribution is -2.70. The van der Waals surface area contributed by atoms with Crippen molar-refractivity contribution in [3.63, 3.8) is 0 Å². The molecule has 5 N–H and O–H groups in total. The van der Waals surface area contributed by atoms with Crippen LogP contribution >= 0.6 is 23.1 Å². The molecule has 2 aliphatic heterocycles. The molecule has 1 fully saturated rings. The van der Waals surface area contributed by atoms with Crippen LogP contribution in [0.5, 0.6) is 0 Å². The SMILES string of the molecule is Nc1ncc(CC(=O)N[C@@H]2C(=O)N3C(C(=O)O)=C(CO)CS[C@H]23)s1. The zero-order valence-electron chi connectivity index (χ0n) is 12.3. The summed E-state index contributed by atoms with van der Waals surface area (Å²) in [6.07, 6.45) is 1.56. The van der Waals surface area contributed by atoms with Gasteiger partial charge >= 0.3 is 5.97 Å². The Morgan fingerprint density at radius 1 is 1.50 bits per heavy atom. The summed E-state index contributed by atoms with van der Waals surface area (Å²) in [6.45, 7) is -0.422. The number of nitrogens with zero attached hydrogens (tertiary/aromatic N) is 2. The van der Waals surface area contributed by atoms with Crippen LogP contribution in [0.2, 0.25) is 0 Å². The van der Waals surface area contributed by atoms with Crippen molar-refractivity contribution in [1.82, 2.24) is 15.2 Å². The first-order chi connectivity index (χ1) is 11.4. The van der Waals surface area contributed by atoms with E-state index < -0.39 is 29.9 Å². The summed E-state index contributed by atoms with van der Waals surface area (Å²) in [4.78, 5) is 41.3. The Morgan fingerprint density at radius 3 is 2.83 bits per heavy atom. The van der Waals surface area contributed by atoms with E-state index >= 15 is 0 Å². The van der Waals surface area contributed by atoms with Crippen LogP contribution in [-0.2, 0) is 20.8 Å². The zero-order valence-corrected chi connectivity index (χ0v) is 13.9. The molecule has 0 saturated carbocycles. The number of aliphatic hydroxyl groups is 1. The fourth-order valence-corrected chi connectivity index (χ4v) is 4.61. The molecule has 0 aromatic carbocycles. The number of hydrogen-bond donors (Lipinski definition) is 4. The Bertz CT molecular complexity index is 746. The number of nitrogens with two attached hydrogens (primary N) is 1. The van der Waals surface area contributed by atoms with E-state index in [4.69, 9.17) is 5.73 Å². The molecule has 0 bridgehead atoms. The largest absolute Gasteiger partial charge is 0.477 e. The number of hydrogen-bond acceptors (Lipinski definition) is 8. The van der Waals surface area contributed by atoms with Crippen molar-refractivity contribution in [2.24, 2.45) is 0 Å². The number of thiazole rings is 1. The second-order valence-corrected chi connectivity index (χ2v) is 7.46. The molecule has 2 atom stereocenters. The van der Waals surface area contributed by atoms with Gasteiger partial charge in [-0.15, -0.1) is 23.1 Å². The van der Waals surface area contributed by atoms with E-state index in [-0.39, 0.29) is 18.0 Å². The van der Waals surface area contributed by atoms with Gasteiger partial charge in [-0.25, -0.2) is 9.78 Å². The van der Waals surface area contributed by atoms with E-state index in [1.54, 1.807) is 0 Å². The number of carboxylic acids is 1. The Balaban J connectivity index is 1.68. The molecule has 3 rings (SSSR count). The predicted molar refractivity (Wildman–Crippen MR) is 87.0 cm³/mol. The van der Waals surface area contributed by atoms with Crippen molar-refractivity contribution in [3.05, 3.63) is 22.3 Å². The highest BCUT2D eigenvalue weighted by Crippen LogP contribution is 2.40. The van der Waals surface area contributed by atoms with Crippen LogP contribution in [0.15, 0.2) is 17.5 Å². The topological polar surface area (TPSA) is 146 Å². The van der Waals surface area contributed by atoms with Crippen molar-refractivity contribution in [1.29, 1.82) is 0 Å². The number of β-lactam (4-membered cyclic amide) rings is 1. The van der Waals surface area contributed by atoms with E-state index in [2.05, 4.69) is 10.3 Å². The van der Waals surface area contributed by atoms with Gasteiger partial charge < -0.3 is 21.3 Å². The summed E-state index contributed by atoms with van der Waals surface area (Å²) in [7, 11) is 0. The standard InChI is InChI=1S/C13H14N4O5S2/c14-13-15-2-6(24-13)1-7(19)16-8-10(20)17-9(12(21)22)5(3-18)4-23-11(8)17/h2,8,11,18H,1,3-4H2,(H2,14,15)(H,16,19)(H,21,22)/t8-,11-/m1/s1. The van der Waals surface area contributed by atoms with Crippen LogP contribution in [0, 0.1) is 0 Å². The minimum absolute atomic E-state index is 0.0551. The van der Waals surface area contributed by atoms with Gasteiger partial charge in [0.2, 0.25) is 5.91 Å². The van der Waals surface area contributed by atoms with Gasteiger partial charge in [-0.05, 0) is 5.57 Å². The third-order valence-electron chi connectivity index (χ3n) is 3.66. The molecule has 1 saturated heterocycles. The molecular formula is C13H14N4O5S2. The molecule has 128 valence electrons. The van der Waals surface area contributed by atoms with E-state index in [9.17, 15) is 24.6 Å². The maximum absolute atomic E-state index is 12.3. The third kappa shape index (κ3) is 2.85. The Labute approximate surface area is 144 Å². The lowest BCUT2D eigenvalue weighted by atomic mass is 10.0. The van der Waals surface area contributed by atoms with Crippen LogP contribution in [0.1, 0.15) is 4.88 Å². The Kier molecular flexibility index (Phi) is 4.47. The van der Waals surface area contributed by atoms with Crippen molar-refractivity contribution < 1.29 is 24.6 Å². The molecule has 11 heteroatoms. The monoisotopic (exact) mass is 370 g/mol. The summed E-state index contributed by atoms with van der Waals surface area (Å²) < 4.78 is 0. The smallest absolute Gasteiger partial charge is 0.352 e. The number of nitrogens with one attached hydrogen (secondary N) is 1. The highest BCUT2D eigenvalue weighted by molar-refractivity contribution is 8.00. The summed E-state index contributed by atoms with van der Waals surface area (Å²) in [6, 6.07) is -0.776. The molecule has 24 heavy (non-hydrogen) atoms. The maximum atomic E-state index is 12.3. The number of anilines is 1. The third-order valence-corrected chi connectivity index (χ3v) is 5.83. The molecule has 1 aromatic heterocycles.